The van der Waals surface area contributed by atoms with Crippen LogP contribution in [0.4, 0.5) is 24.8 Å². The molecule has 21 heavy (non-hydrogen) atoms. The van der Waals surface area contributed by atoms with Gasteiger partial charge in [0.2, 0.25) is 0 Å². The average Bonchev–Trinajstić information content (AvgIpc) is 2.39. The molecule has 8 heteroatoms. The van der Waals surface area contributed by atoms with Crippen LogP contribution in [0.1, 0.15) is 25.8 Å². The molecule has 1 rings (SSSR count). The maximum atomic E-state index is 12.7. The molecule has 1 aromatic rings. The minimum absolute atomic E-state index is 0.126. The van der Waals surface area contributed by atoms with Gasteiger partial charge in [-0.1, -0.05) is 13.3 Å². The largest absolute Gasteiger partial charge is 0.405 e. The van der Waals surface area contributed by atoms with E-state index in [9.17, 15) is 13.2 Å². The lowest BCUT2D eigenvalue weighted by atomic mass is 10.1. The molecule has 0 aromatic carbocycles. The molecule has 5 nitrogen and oxygen atoms in total. The van der Waals surface area contributed by atoms with Gasteiger partial charge in [0.1, 0.15) is 24.5 Å². The van der Waals surface area contributed by atoms with E-state index in [0.717, 1.165) is 11.3 Å². The fourth-order valence-corrected chi connectivity index (χ4v) is 2.07. The molecule has 120 valence electrons. The highest BCUT2D eigenvalue weighted by atomic mass is 19.4. The SMILES string of the molecule is CCCc1c(NCC)ncnc1N(CCO)CC(F)(F)F. The Labute approximate surface area is 122 Å². The number of hydrogen-bond donors (Lipinski definition) is 2. The van der Waals surface area contributed by atoms with Crippen LogP contribution in [0.25, 0.3) is 0 Å². The molecule has 0 saturated heterocycles. The van der Waals surface area contributed by atoms with Crippen molar-refractivity contribution in [2.75, 3.05) is 36.5 Å². The molecule has 0 fully saturated rings. The third kappa shape index (κ3) is 5.37. The van der Waals surface area contributed by atoms with E-state index in [0.29, 0.717) is 24.3 Å². The fraction of sp³-hybridized carbons (Fsp3) is 0.692. The molecule has 0 saturated carbocycles. The van der Waals surface area contributed by atoms with Gasteiger partial charge in [-0.3, -0.25) is 0 Å². The van der Waals surface area contributed by atoms with Gasteiger partial charge < -0.3 is 15.3 Å². The summed E-state index contributed by atoms with van der Waals surface area (Å²) in [5.74, 6) is 0.781. The standard InChI is InChI=1S/C13H21F3N4O/c1-3-5-10-11(17-4-2)18-9-19-12(10)20(6-7-21)8-13(14,15)16/h9,21H,3-8H2,1-2H3,(H,17,18,19). The van der Waals surface area contributed by atoms with Gasteiger partial charge in [-0.15, -0.1) is 0 Å². The number of nitrogens with zero attached hydrogens (tertiary/aromatic N) is 3. The summed E-state index contributed by atoms with van der Waals surface area (Å²) in [6.07, 6.45) is -1.79. The molecular weight excluding hydrogens is 285 g/mol. The number of halogens is 3. The van der Waals surface area contributed by atoms with Crippen molar-refractivity contribution in [1.29, 1.82) is 0 Å². The van der Waals surface area contributed by atoms with Crippen LogP contribution in [0.15, 0.2) is 6.33 Å². The number of alkyl halides is 3. The lowest BCUT2D eigenvalue weighted by Crippen LogP contribution is -2.37. The van der Waals surface area contributed by atoms with E-state index in [2.05, 4.69) is 15.3 Å². The van der Waals surface area contributed by atoms with Crippen molar-refractivity contribution < 1.29 is 18.3 Å². The Morgan fingerprint density at radius 2 is 2.00 bits per heavy atom. The van der Waals surface area contributed by atoms with Crippen molar-refractivity contribution in [3.8, 4) is 0 Å². The Balaban J connectivity index is 3.18. The molecule has 0 aliphatic carbocycles. The van der Waals surface area contributed by atoms with Crippen molar-refractivity contribution in [3.63, 3.8) is 0 Å². The zero-order valence-corrected chi connectivity index (χ0v) is 12.2. The molecule has 0 atom stereocenters. The third-order valence-electron chi connectivity index (χ3n) is 2.81. The van der Waals surface area contributed by atoms with Gasteiger partial charge in [-0.05, 0) is 13.3 Å². The van der Waals surface area contributed by atoms with Crippen LogP contribution in [0.3, 0.4) is 0 Å². The van der Waals surface area contributed by atoms with E-state index in [1.54, 1.807) is 0 Å². The van der Waals surface area contributed by atoms with Crippen molar-refractivity contribution in [2.45, 2.75) is 32.9 Å². The van der Waals surface area contributed by atoms with Gasteiger partial charge >= 0.3 is 6.18 Å². The van der Waals surface area contributed by atoms with Crippen LogP contribution in [-0.4, -0.2) is 47.5 Å². The zero-order chi connectivity index (χ0) is 15.9. The summed E-state index contributed by atoms with van der Waals surface area (Å²) in [7, 11) is 0. The molecule has 2 N–H and O–H groups in total. The van der Waals surface area contributed by atoms with Gasteiger partial charge in [-0.2, -0.15) is 13.2 Å². The molecule has 0 amide bonds. The Hall–Kier alpha value is -1.57. The summed E-state index contributed by atoms with van der Waals surface area (Å²) >= 11 is 0. The van der Waals surface area contributed by atoms with Crippen LogP contribution >= 0.6 is 0 Å². The second-order valence-corrected chi connectivity index (χ2v) is 4.57. The normalized spacial score (nSPS) is 11.5. The first kappa shape index (κ1) is 17.5. The highest BCUT2D eigenvalue weighted by Crippen LogP contribution is 2.27. The quantitative estimate of drug-likeness (QED) is 0.771. The van der Waals surface area contributed by atoms with E-state index in [4.69, 9.17) is 5.11 Å². The highest BCUT2D eigenvalue weighted by molar-refractivity contribution is 5.59. The molecule has 0 unspecified atom stereocenters. The van der Waals surface area contributed by atoms with E-state index in [1.165, 1.54) is 6.33 Å². The van der Waals surface area contributed by atoms with Gasteiger partial charge in [0.15, 0.2) is 0 Å². The van der Waals surface area contributed by atoms with Gasteiger partial charge in [0, 0.05) is 18.7 Å². The highest BCUT2D eigenvalue weighted by Gasteiger charge is 2.32. The molecule has 0 aliphatic heterocycles. The summed E-state index contributed by atoms with van der Waals surface area (Å²) < 4.78 is 38.1. The molecular formula is C13H21F3N4O. The number of anilines is 2. The number of aromatic nitrogens is 2. The molecule has 0 radical (unpaired) electrons. The van der Waals surface area contributed by atoms with E-state index in [1.807, 2.05) is 13.8 Å². The van der Waals surface area contributed by atoms with Crippen molar-refractivity contribution in [3.05, 3.63) is 11.9 Å². The van der Waals surface area contributed by atoms with E-state index in [-0.39, 0.29) is 19.0 Å². The number of aliphatic hydroxyl groups is 1. The molecule has 0 bridgehead atoms. The average molecular weight is 306 g/mol. The minimum Gasteiger partial charge on any atom is -0.395 e. The number of hydrogen-bond acceptors (Lipinski definition) is 5. The summed E-state index contributed by atoms with van der Waals surface area (Å²) in [5, 5.41) is 12.1. The minimum atomic E-state index is -4.36. The topological polar surface area (TPSA) is 61.3 Å². The molecule has 1 aromatic heterocycles. The Kier molecular flexibility index (Phi) is 6.67. The fourth-order valence-electron chi connectivity index (χ4n) is 2.07. The van der Waals surface area contributed by atoms with Crippen molar-refractivity contribution in [1.82, 2.24) is 9.97 Å². The van der Waals surface area contributed by atoms with Crippen LogP contribution < -0.4 is 10.2 Å². The molecule has 0 aliphatic rings. The van der Waals surface area contributed by atoms with Crippen LogP contribution in [0.5, 0.6) is 0 Å². The number of aliphatic hydroxyl groups excluding tert-OH is 1. The first-order valence-corrected chi connectivity index (χ1v) is 6.93. The number of nitrogens with one attached hydrogen (secondary N) is 1. The van der Waals surface area contributed by atoms with E-state index < -0.39 is 12.7 Å². The maximum Gasteiger partial charge on any atom is 0.405 e. The van der Waals surface area contributed by atoms with Gasteiger partial charge in [0.25, 0.3) is 0 Å². The summed E-state index contributed by atoms with van der Waals surface area (Å²) in [6.45, 7) is 2.80. The predicted octanol–water partition coefficient (Wildman–Crippen LogP) is 2.22. The third-order valence-corrected chi connectivity index (χ3v) is 2.81. The molecule has 0 spiro atoms. The van der Waals surface area contributed by atoms with Crippen molar-refractivity contribution in [2.24, 2.45) is 0 Å². The summed E-state index contributed by atoms with van der Waals surface area (Å²) in [4.78, 5) is 9.15. The van der Waals surface area contributed by atoms with Crippen LogP contribution in [-0.2, 0) is 6.42 Å². The van der Waals surface area contributed by atoms with Crippen LogP contribution in [0.2, 0.25) is 0 Å². The number of rotatable bonds is 8. The Morgan fingerprint density at radius 3 is 2.52 bits per heavy atom. The summed E-state index contributed by atoms with van der Waals surface area (Å²) in [5.41, 5.74) is 0.652. The lowest BCUT2D eigenvalue weighted by molar-refractivity contribution is -0.120. The smallest absolute Gasteiger partial charge is 0.395 e. The van der Waals surface area contributed by atoms with E-state index >= 15 is 0 Å². The lowest BCUT2D eigenvalue weighted by Gasteiger charge is -2.27. The maximum absolute atomic E-state index is 12.7. The summed E-state index contributed by atoms with van der Waals surface area (Å²) in [6, 6.07) is 0. The first-order chi connectivity index (χ1) is 9.92. The molecule has 1 heterocycles. The van der Waals surface area contributed by atoms with Crippen LogP contribution in [0, 0.1) is 0 Å². The zero-order valence-electron chi connectivity index (χ0n) is 12.2. The Morgan fingerprint density at radius 1 is 1.29 bits per heavy atom. The Bertz CT molecular complexity index is 440. The second-order valence-electron chi connectivity index (χ2n) is 4.57. The second kappa shape index (κ2) is 8.02. The van der Waals surface area contributed by atoms with Gasteiger partial charge in [0.05, 0.1) is 6.61 Å². The van der Waals surface area contributed by atoms with Gasteiger partial charge in [-0.25, -0.2) is 9.97 Å². The predicted molar refractivity (Wildman–Crippen MR) is 75.5 cm³/mol. The van der Waals surface area contributed by atoms with Crippen molar-refractivity contribution >= 4 is 11.6 Å². The monoisotopic (exact) mass is 306 g/mol. The first-order valence-electron chi connectivity index (χ1n) is 6.93.